The van der Waals surface area contributed by atoms with Crippen LogP contribution < -0.4 is 5.32 Å². The Morgan fingerprint density at radius 2 is 1.87 bits per heavy atom. The third-order valence-electron chi connectivity index (χ3n) is 5.36. The van der Waals surface area contributed by atoms with E-state index in [1.807, 2.05) is 10.9 Å². The van der Waals surface area contributed by atoms with Crippen LogP contribution in [0.1, 0.15) is 25.0 Å². The normalized spacial score (nSPS) is 21.1. The van der Waals surface area contributed by atoms with Crippen LogP contribution in [0.3, 0.4) is 0 Å². The van der Waals surface area contributed by atoms with E-state index >= 15 is 0 Å². The van der Waals surface area contributed by atoms with Crippen molar-refractivity contribution in [3.8, 4) is 5.69 Å². The second kappa shape index (κ2) is 6.06. The molecule has 2 fully saturated rings. The van der Waals surface area contributed by atoms with Gasteiger partial charge in [-0.2, -0.15) is 5.10 Å². The molecule has 0 atom stereocenters. The van der Waals surface area contributed by atoms with E-state index in [9.17, 15) is 4.39 Å². The highest BCUT2D eigenvalue weighted by Gasteiger charge is 2.38. The van der Waals surface area contributed by atoms with Crippen LogP contribution in [0.5, 0.6) is 0 Å². The molecular formula is C18H23FN4. The van der Waals surface area contributed by atoms with Gasteiger partial charge in [0.05, 0.1) is 11.4 Å². The molecule has 0 radical (unpaired) electrons. The summed E-state index contributed by atoms with van der Waals surface area (Å²) in [5.74, 6) is -0.213. The van der Waals surface area contributed by atoms with Gasteiger partial charge in [-0.05, 0) is 74.6 Å². The molecule has 1 aromatic carbocycles. The predicted octanol–water partition coefficient (Wildman–Crippen LogP) is 2.59. The van der Waals surface area contributed by atoms with Gasteiger partial charge >= 0.3 is 0 Å². The summed E-state index contributed by atoms with van der Waals surface area (Å²) in [6.07, 6.45) is 5.72. The first kappa shape index (κ1) is 14.8. The molecule has 4 rings (SSSR count). The van der Waals surface area contributed by atoms with Crippen molar-refractivity contribution in [3.63, 3.8) is 0 Å². The Morgan fingerprint density at radius 1 is 1.09 bits per heavy atom. The van der Waals surface area contributed by atoms with Gasteiger partial charge in [0.15, 0.2) is 0 Å². The topological polar surface area (TPSA) is 33.1 Å². The fraction of sp³-hybridized carbons (Fsp3) is 0.500. The molecule has 0 aliphatic carbocycles. The number of hydrogen-bond donors (Lipinski definition) is 1. The van der Waals surface area contributed by atoms with Gasteiger partial charge in [-0.15, -0.1) is 0 Å². The van der Waals surface area contributed by atoms with Gasteiger partial charge in [0.2, 0.25) is 0 Å². The predicted molar refractivity (Wildman–Crippen MR) is 88.0 cm³/mol. The Balaban J connectivity index is 1.48. The molecule has 4 nitrogen and oxygen atoms in total. The van der Waals surface area contributed by atoms with Gasteiger partial charge in [0.25, 0.3) is 0 Å². The molecule has 2 saturated heterocycles. The number of hydrogen-bond acceptors (Lipinski definition) is 3. The summed E-state index contributed by atoms with van der Waals surface area (Å²) < 4.78 is 15.0. The van der Waals surface area contributed by atoms with Gasteiger partial charge in [0.1, 0.15) is 5.82 Å². The number of rotatable bonds is 3. The van der Waals surface area contributed by atoms with Crippen LogP contribution in [0, 0.1) is 11.2 Å². The van der Waals surface area contributed by atoms with Crippen LogP contribution in [-0.2, 0) is 6.54 Å². The van der Waals surface area contributed by atoms with E-state index in [1.165, 1.54) is 43.6 Å². The zero-order chi connectivity index (χ0) is 15.7. The number of nitrogens with zero attached hydrogens (tertiary/aromatic N) is 3. The van der Waals surface area contributed by atoms with Crippen molar-refractivity contribution in [1.82, 2.24) is 20.0 Å². The molecule has 23 heavy (non-hydrogen) atoms. The van der Waals surface area contributed by atoms with E-state index in [0.717, 1.165) is 31.9 Å². The van der Waals surface area contributed by atoms with Crippen molar-refractivity contribution in [3.05, 3.63) is 48.0 Å². The summed E-state index contributed by atoms with van der Waals surface area (Å²) in [7, 11) is 0. The average Bonchev–Trinajstić information content (AvgIpc) is 3.17. The average molecular weight is 314 g/mol. The zero-order valence-corrected chi connectivity index (χ0v) is 13.3. The fourth-order valence-corrected chi connectivity index (χ4v) is 4.02. The molecule has 2 aliphatic rings. The molecule has 1 spiro atoms. The first-order valence-corrected chi connectivity index (χ1v) is 8.46. The van der Waals surface area contributed by atoms with Crippen molar-refractivity contribution in [1.29, 1.82) is 0 Å². The van der Waals surface area contributed by atoms with Crippen LogP contribution in [0.15, 0.2) is 36.5 Å². The Kier molecular flexibility index (Phi) is 3.91. The maximum atomic E-state index is 13.1. The molecule has 2 aromatic rings. The number of benzene rings is 1. The smallest absolute Gasteiger partial charge is 0.123 e. The molecule has 122 valence electrons. The number of piperidine rings is 1. The van der Waals surface area contributed by atoms with Gasteiger partial charge in [-0.1, -0.05) is 0 Å². The summed E-state index contributed by atoms with van der Waals surface area (Å²) in [4.78, 5) is 2.54. The molecule has 3 heterocycles. The Bertz CT molecular complexity index is 658. The lowest BCUT2D eigenvalue weighted by atomic mass is 9.78. The molecule has 0 unspecified atom stereocenters. The van der Waals surface area contributed by atoms with Gasteiger partial charge in [-0.3, -0.25) is 4.90 Å². The van der Waals surface area contributed by atoms with Crippen LogP contribution in [0.25, 0.3) is 5.69 Å². The van der Waals surface area contributed by atoms with Gasteiger partial charge in [-0.25, -0.2) is 9.07 Å². The molecule has 2 aliphatic heterocycles. The summed E-state index contributed by atoms with van der Waals surface area (Å²) in [5, 5.41) is 7.89. The highest BCUT2D eigenvalue weighted by Crippen LogP contribution is 2.39. The quantitative estimate of drug-likeness (QED) is 0.945. The Morgan fingerprint density at radius 3 is 2.65 bits per heavy atom. The first-order chi connectivity index (χ1) is 11.2. The molecule has 0 saturated carbocycles. The molecular weight excluding hydrogens is 291 g/mol. The monoisotopic (exact) mass is 314 g/mol. The minimum Gasteiger partial charge on any atom is -0.317 e. The van der Waals surface area contributed by atoms with E-state index in [-0.39, 0.29) is 5.82 Å². The van der Waals surface area contributed by atoms with E-state index in [1.54, 1.807) is 12.1 Å². The third-order valence-corrected chi connectivity index (χ3v) is 5.36. The summed E-state index contributed by atoms with van der Waals surface area (Å²) in [6.45, 7) is 5.56. The largest absolute Gasteiger partial charge is 0.317 e. The lowest BCUT2D eigenvalue weighted by Crippen LogP contribution is -2.38. The van der Waals surface area contributed by atoms with Crippen molar-refractivity contribution in [2.75, 3.05) is 26.2 Å². The Labute approximate surface area is 136 Å². The minimum absolute atomic E-state index is 0.213. The van der Waals surface area contributed by atoms with Crippen molar-refractivity contribution < 1.29 is 4.39 Å². The van der Waals surface area contributed by atoms with Crippen molar-refractivity contribution in [2.24, 2.45) is 5.41 Å². The van der Waals surface area contributed by atoms with Crippen LogP contribution in [0.4, 0.5) is 4.39 Å². The second-order valence-corrected chi connectivity index (χ2v) is 6.92. The second-order valence-electron chi connectivity index (χ2n) is 6.92. The highest BCUT2D eigenvalue weighted by molar-refractivity contribution is 5.32. The Hall–Kier alpha value is -1.72. The van der Waals surface area contributed by atoms with Gasteiger partial charge in [0, 0.05) is 19.3 Å². The zero-order valence-electron chi connectivity index (χ0n) is 13.3. The van der Waals surface area contributed by atoms with E-state index in [4.69, 9.17) is 0 Å². The van der Waals surface area contributed by atoms with Crippen LogP contribution in [0.2, 0.25) is 0 Å². The van der Waals surface area contributed by atoms with Crippen LogP contribution in [-0.4, -0.2) is 40.9 Å². The highest BCUT2D eigenvalue weighted by atomic mass is 19.1. The van der Waals surface area contributed by atoms with E-state index < -0.39 is 0 Å². The molecule has 0 bridgehead atoms. The van der Waals surface area contributed by atoms with Gasteiger partial charge < -0.3 is 5.32 Å². The number of likely N-dealkylation sites (tertiary alicyclic amines) is 1. The lowest BCUT2D eigenvalue weighted by molar-refractivity contribution is 0.193. The molecule has 1 N–H and O–H groups in total. The molecule has 5 heteroatoms. The lowest BCUT2D eigenvalue weighted by Gasteiger charge is -2.33. The van der Waals surface area contributed by atoms with Crippen molar-refractivity contribution >= 4 is 0 Å². The standard InChI is InChI=1S/C18H23FN4/c19-15-1-3-16(4-2-15)23-17(5-9-21-23)13-22-12-8-18(14-22)6-10-20-11-7-18/h1-5,9,20H,6-8,10-14H2. The summed E-state index contributed by atoms with van der Waals surface area (Å²) >= 11 is 0. The minimum atomic E-state index is -0.213. The van der Waals surface area contributed by atoms with Crippen molar-refractivity contribution in [2.45, 2.75) is 25.8 Å². The van der Waals surface area contributed by atoms with E-state index in [2.05, 4.69) is 21.4 Å². The van der Waals surface area contributed by atoms with E-state index in [0.29, 0.717) is 5.41 Å². The van der Waals surface area contributed by atoms with Crippen LogP contribution >= 0.6 is 0 Å². The summed E-state index contributed by atoms with van der Waals surface area (Å²) in [6, 6.07) is 8.60. The molecule has 1 aromatic heterocycles. The fourth-order valence-electron chi connectivity index (χ4n) is 4.02. The summed E-state index contributed by atoms with van der Waals surface area (Å²) in [5.41, 5.74) is 2.61. The first-order valence-electron chi connectivity index (χ1n) is 8.46. The SMILES string of the molecule is Fc1ccc(-n2nccc2CN2CCC3(CCNCC3)C2)cc1. The number of nitrogens with one attached hydrogen (secondary N) is 1. The number of halogens is 1. The molecule has 0 amide bonds. The maximum Gasteiger partial charge on any atom is 0.123 e. The number of aromatic nitrogens is 2. The third kappa shape index (κ3) is 3.03. The maximum absolute atomic E-state index is 13.1.